The van der Waals surface area contributed by atoms with Crippen LogP contribution in [-0.4, -0.2) is 41.2 Å². The van der Waals surface area contributed by atoms with E-state index in [-0.39, 0.29) is 11.9 Å². The lowest BCUT2D eigenvalue weighted by Crippen LogP contribution is -2.48. The van der Waals surface area contributed by atoms with Crippen LogP contribution in [-0.2, 0) is 16.2 Å². The maximum absolute atomic E-state index is 12.6. The number of benzene rings is 2. The Labute approximate surface area is 200 Å². The Morgan fingerprint density at radius 3 is 2.44 bits per heavy atom. The van der Waals surface area contributed by atoms with Gasteiger partial charge < -0.3 is 20.4 Å². The molecule has 3 amide bonds. The average Bonchev–Trinajstić information content (AvgIpc) is 3.19. The number of nitrogens with zero attached hydrogens (tertiary/aromatic N) is 2. The van der Waals surface area contributed by atoms with Crippen LogP contribution in [0.1, 0.15) is 24.8 Å². The summed E-state index contributed by atoms with van der Waals surface area (Å²) in [6, 6.07) is 12.0. The van der Waals surface area contributed by atoms with Crippen molar-refractivity contribution in [1.29, 1.82) is 0 Å². The van der Waals surface area contributed by atoms with Gasteiger partial charge in [0.15, 0.2) is 0 Å². The van der Waals surface area contributed by atoms with E-state index in [2.05, 4.69) is 15.8 Å². The number of amides is 3. The first-order chi connectivity index (χ1) is 15.3. The maximum Gasteiger partial charge on any atom is 0.321 e. The molecular weight excluding hydrogens is 475 g/mol. The van der Waals surface area contributed by atoms with Gasteiger partial charge in [-0.1, -0.05) is 52.1 Å². The molecule has 0 aliphatic carbocycles. The molecule has 2 heterocycles. The third kappa shape index (κ3) is 5.28. The predicted molar refractivity (Wildman–Crippen MR) is 125 cm³/mol. The lowest BCUT2D eigenvalue weighted by Gasteiger charge is -2.37. The largest absolute Gasteiger partial charge is 0.388 e. The molecule has 0 bridgehead atoms. The SMILES string of the molecule is O=C(NCc1ccc(Cl)cc1)C1=NOC2(CCN(C(=O)Nc3ccc(Cl)c(Cl)c3)CC2)C1. The van der Waals surface area contributed by atoms with E-state index >= 15 is 0 Å². The van der Waals surface area contributed by atoms with Gasteiger partial charge in [-0.25, -0.2) is 4.79 Å². The molecule has 4 rings (SSSR count). The first kappa shape index (κ1) is 22.7. The number of urea groups is 1. The molecule has 32 heavy (non-hydrogen) atoms. The van der Waals surface area contributed by atoms with Gasteiger partial charge in [0.1, 0.15) is 11.3 Å². The fourth-order valence-corrected chi connectivity index (χ4v) is 4.12. The van der Waals surface area contributed by atoms with Crippen molar-refractivity contribution in [2.24, 2.45) is 5.16 Å². The van der Waals surface area contributed by atoms with E-state index in [0.29, 0.717) is 65.4 Å². The zero-order valence-electron chi connectivity index (χ0n) is 17.0. The second-order valence-electron chi connectivity index (χ2n) is 7.84. The van der Waals surface area contributed by atoms with Crippen LogP contribution in [0, 0.1) is 0 Å². The van der Waals surface area contributed by atoms with Crippen molar-refractivity contribution in [2.75, 3.05) is 18.4 Å². The molecule has 0 saturated carbocycles. The number of hydrogen-bond donors (Lipinski definition) is 2. The number of piperidine rings is 1. The molecule has 2 aliphatic heterocycles. The van der Waals surface area contributed by atoms with Gasteiger partial charge >= 0.3 is 6.03 Å². The highest BCUT2D eigenvalue weighted by atomic mass is 35.5. The second-order valence-corrected chi connectivity index (χ2v) is 9.10. The van der Waals surface area contributed by atoms with E-state index in [9.17, 15) is 9.59 Å². The quantitative estimate of drug-likeness (QED) is 0.618. The van der Waals surface area contributed by atoms with Gasteiger partial charge in [-0.3, -0.25) is 4.79 Å². The van der Waals surface area contributed by atoms with E-state index in [1.807, 2.05) is 12.1 Å². The minimum Gasteiger partial charge on any atom is -0.388 e. The van der Waals surface area contributed by atoms with Crippen molar-refractivity contribution in [2.45, 2.75) is 31.4 Å². The van der Waals surface area contributed by atoms with Crippen LogP contribution >= 0.6 is 34.8 Å². The van der Waals surface area contributed by atoms with Crippen LogP contribution in [0.4, 0.5) is 10.5 Å². The van der Waals surface area contributed by atoms with Crippen LogP contribution in [0.5, 0.6) is 0 Å². The molecule has 0 aromatic heterocycles. The summed E-state index contributed by atoms with van der Waals surface area (Å²) in [5, 5.41) is 11.2. The molecule has 1 spiro atoms. The lowest BCUT2D eigenvalue weighted by molar-refractivity contribution is -0.115. The highest BCUT2D eigenvalue weighted by Gasteiger charge is 2.44. The number of likely N-dealkylation sites (tertiary alicyclic amines) is 1. The van der Waals surface area contributed by atoms with E-state index in [1.165, 1.54) is 0 Å². The van der Waals surface area contributed by atoms with Gasteiger partial charge in [0.25, 0.3) is 5.91 Å². The molecule has 0 radical (unpaired) electrons. The molecule has 0 atom stereocenters. The fourth-order valence-electron chi connectivity index (χ4n) is 3.69. The second kappa shape index (κ2) is 9.57. The first-order valence-corrected chi connectivity index (χ1v) is 11.3. The predicted octanol–water partition coefficient (Wildman–Crippen LogP) is 5.11. The van der Waals surface area contributed by atoms with E-state index in [1.54, 1.807) is 35.2 Å². The van der Waals surface area contributed by atoms with Crippen molar-refractivity contribution in [3.8, 4) is 0 Å². The van der Waals surface area contributed by atoms with Crippen molar-refractivity contribution in [1.82, 2.24) is 10.2 Å². The van der Waals surface area contributed by atoms with Crippen LogP contribution in [0.15, 0.2) is 47.6 Å². The summed E-state index contributed by atoms with van der Waals surface area (Å²) >= 11 is 17.8. The number of nitrogens with one attached hydrogen (secondary N) is 2. The van der Waals surface area contributed by atoms with Crippen molar-refractivity contribution >= 4 is 58.1 Å². The number of halogens is 3. The van der Waals surface area contributed by atoms with Gasteiger partial charge in [0.05, 0.1) is 10.0 Å². The van der Waals surface area contributed by atoms with Crippen molar-refractivity contribution in [3.63, 3.8) is 0 Å². The Bertz CT molecular complexity index is 1050. The highest BCUT2D eigenvalue weighted by Crippen LogP contribution is 2.35. The average molecular weight is 496 g/mol. The lowest BCUT2D eigenvalue weighted by atomic mass is 9.87. The molecule has 1 fully saturated rings. The van der Waals surface area contributed by atoms with Gasteiger partial charge in [0, 0.05) is 49.6 Å². The zero-order chi connectivity index (χ0) is 22.7. The Morgan fingerprint density at radius 2 is 1.75 bits per heavy atom. The number of anilines is 1. The van der Waals surface area contributed by atoms with E-state index in [0.717, 1.165) is 5.56 Å². The number of oxime groups is 1. The van der Waals surface area contributed by atoms with Crippen LogP contribution in [0.25, 0.3) is 0 Å². The molecule has 1 saturated heterocycles. The van der Waals surface area contributed by atoms with Crippen LogP contribution in [0.2, 0.25) is 15.1 Å². The Morgan fingerprint density at radius 1 is 1.03 bits per heavy atom. The summed E-state index contributed by atoms with van der Waals surface area (Å²) in [6.45, 7) is 1.36. The summed E-state index contributed by atoms with van der Waals surface area (Å²) in [7, 11) is 0. The summed E-state index contributed by atoms with van der Waals surface area (Å²) in [5.41, 5.74) is 1.34. The summed E-state index contributed by atoms with van der Waals surface area (Å²) in [5.74, 6) is -0.253. The molecule has 2 aromatic carbocycles. The molecule has 2 N–H and O–H groups in total. The standard InChI is InChI=1S/C22H21Cl3N4O3/c23-15-3-1-14(2-4-15)13-26-20(30)19-12-22(32-28-19)7-9-29(10-8-22)21(31)27-16-5-6-17(24)18(25)11-16/h1-6,11H,7-10,12-13H2,(H,26,30)(H,27,31). The van der Waals surface area contributed by atoms with Gasteiger partial charge in [-0.05, 0) is 35.9 Å². The van der Waals surface area contributed by atoms with Gasteiger partial charge in [-0.15, -0.1) is 0 Å². The Balaban J connectivity index is 1.25. The van der Waals surface area contributed by atoms with Gasteiger partial charge in [-0.2, -0.15) is 0 Å². The van der Waals surface area contributed by atoms with E-state index in [4.69, 9.17) is 39.6 Å². The van der Waals surface area contributed by atoms with Gasteiger partial charge in [0.2, 0.25) is 0 Å². The smallest absolute Gasteiger partial charge is 0.321 e. The maximum atomic E-state index is 12.6. The topological polar surface area (TPSA) is 83.0 Å². The van der Waals surface area contributed by atoms with Crippen molar-refractivity contribution < 1.29 is 14.4 Å². The summed E-state index contributed by atoms with van der Waals surface area (Å²) < 4.78 is 0. The molecule has 2 aliphatic rings. The third-order valence-corrected chi connectivity index (χ3v) is 6.59. The molecule has 168 valence electrons. The number of hydrogen-bond acceptors (Lipinski definition) is 4. The molecular formula is C22H21Cl3N4O3. The third-order valence-electron chi connectivity index (χ3n) is 5.60. The monoisotopic (exact) mass is 494 g/mol. The minimum atomic E-state index is -0.548. The Hall–Kier alpha value is -2.48. The number of carbonyl (C=O) groups is 2. The van der Waals surface area contributed by atoms with Crippen LogP contribution < -0.4 is 10.6 Å². The first-order valence-electron chi connectivity index (χ1n) is 10.1. The Kier molecular flexibility index (Phi) is 6.79. The molecule has 0 unspecified atom stereocenters. The molecule has 10 heteroatoms. The van der Waals surface area contributed by atoms with Crippen molar-refractivity contribution in [3.05, 3.63) is 63.1 Å². The summed E-state index contributed by atoms with van der Waals surface area (Å²) in [6.07, 6.45) is 1.58. The zero-order valence-corrected chi connectivity index (χ0v) is 19.3. The fraction of sp³-hybridized carbons (Fsp3) is 0.318. The number of rotatable bonds is 4. The normalized spacial score (nSPS) is 17.0. The van der Waals surface area contributed by atoms with Crippen LogP contribution in [0.3, 0.4) is 0 Å². The molecule has 7 nitrogen and oxygen atoms in total. The van der Waals surface area contributed by atoms with E-state index < -0.39 is 5.60 Å². The minimum absolute atomic E-state index is 0.224. The number of carbonyl (C=O) groups excluding carboxylic acids is 2. The highest BCUT2D eigenvalue weighted by molar-refractivity contribution is 6.42. The summed E-state index contributed by atoms with van der Waals surface area (Å²) in [4.78, 5) is 32.5. The molecule has 2 aromatic rings.